The molecule has 1 aliphatic heterocycles. The molecule has 2 aromatic carbocycles. The molecule has 0 saturated carbocycles. The molecule has 0 atom stereocenters. The Morgan fingerprint density at radius 3 is 2.10 bits per heavy atom. The predicted octanol–water partition coefficient (Wildman–Crippen LogP) is 4.04. The molecule has 0 N–H and O–H groups in total. The van der Waals surface area contributed by atoms with Crippen molar-refractivity contribution < 1.29 is 14.0 Å². The van der Waals surface area contributed by atoms with Gasteiger partial charge in [-0.05, 0) is 40.2 Å². The van der Waals surface area contributed by atoms with Crippen LogP contribution in [0.3, 0.4) is 0 Å². The van der Waals surface area contributed by atoms with E-state index in [4.69, 9.17) is 11.6 Å². The number of anilines is 1. The first kappa shape index (κ1) is 13.3. The van der Waals surface area contributed by atoms with E-state index < -0.39 is 17.6 Å². The molecule has 0 fully saturated rings. The van der Waals surface area contributed by atoms with E-state index in [2.05, 4.69) is 15.9 Å². The van der Waals surface area contributed by atoms with Crippen LogP contribution in [-0.4, -0.2) is 11.8 Å². The molecule has 1 aliphatic rings. The van der Waals surface area contributed by atoms with Crippen molar-refractivity contribution in [3.63, 3.8) is 0 Å². The molecule has 100 valence electrons. The lowest BCUT2D eigenvalue weighted by Crippen LogP contribution is -2.30. The summed E-state index contributed by atoms with van der Waals surface area (Å²) in [6.45, 7) is 0. The summed E-state index contributed by atoms with van der Waals surface area (Å²) in [5, 5.41) is -0.0143. The van der Waals surface area contributed by atoms with Crippen LogP contribution in [0.5, 0.6) is 0 Å². The average molecular weight is 355 g/mol. The maximum Gasteiger partial charge on any atom is 0.266 e. The second kappa shape index (κ2) is 4.68. The van der Waals surface area contributed by atoms with Gasteiger partial charge in [-0.3, -0.25) is 9.59 Å². The van der Waals surface area contributed by atoms with Crippen molar-refractivity contribution in [3.8, 4) is 0 Å². The normalized spacial score (nSPS) is 13.8. The van der Waals surface area contributed by atoms with Gasteiger partial charge in [0.25, 0.3) is 11.8 Å². The van der Waals surface area contributed by atoms with Gasteiger partial charge in [-0.1, -0.05) is 23.7 Å². The summed E-state index contributed by atoms with van der Waals surface area (Å²) in [6.07, 6.45) is 0. The number of carbonyl (C=O) groups excluding carboxylic acids is 2. The molecule has 1 heterocycles. The number of benzene rings is 2. The minimum atomic E-state index is -0.729. The first-order valence-electron chi connectivity index (χ1n) is 5.63. The lowest BCUT2D eigenvalue weighted by molar-refractivity contribution is 0.0925. The molecule has 2 amide bonds. The van der Waals surface area contributed by atoms with Crippen molar-refractivity contribution in [3.05, 3.63) is 62.8 Å². The van der Waals surface area contributed by atoms with Crippen molar-refractivity contribution in [1.82, 2.24) is 0 Å². The highest BCUT2D eigenvalue weighted by Crippen LogP contribution is 2.39. The molecular weight excluding hydrogens is 349 g/mol. The number of nitrogens with zero attached hydrogens (tertiary/aromatic N) is 1. The molecule has 0 bridgehead atoms. The Balaban J connectivity index is 2.22. The molecule has 3 rings (SSSR count). The van der Waals surface area contributed by atoms with Gasteiger partial charge in [-0.2, -0.15) is 0 Å². The molecule has 0 radical (unpaired) electrons. The van der Waals surface area contributed by atoms with Gasteiger partial charge in [0.2, 0.25) is 0 Å². The van der Waals surface area contributed by atoms with Crippen LogP contribution in [0.2, 0.25) is 5.02 Å². The Morgan fingerprint density at radius 2 is 1.55 bits per heavy atom. The van der Waals surface area contributed by atoms with Crippen molar-refractivity contribution in [2.24, 2.45) is 0 Å². The summed E-state index contributed by atoms with van der Waals surface area (Å²) in [7, 11) is 0. The zero-order valence-electron chi connectivity index (χ0n) is 9.86. The summed E-state index contributed by atoms with van der Waals surface area (Å²) >= 11 is 9.17. The summed E-state index contributed by atoms with van der Waals surface area (Å²) in [6, 6.07) is 8.91. The Hall–Kier alpha value is -1.72. The first-order chi connectivity index (χ1) is 9.52. The van der Waals surface area contributed by atoms with Crippen LogP contribution in [0.1, 0.15) is 20.7 Å². The number of hydrogen-bond donors (Lipinski definition) is 0. The van der Waals surface area contributed by atoms with Gasteiger partial charge < -0.3 is 0 Å². The Bertz CT molecular complexity index is 728. The fourth-order valence-electron chi connectivity index (χ4n) is 2.11. The lowest BCUT2D eigenvalue weighted by atomic mass is 10.1. The first-order valence-corrected chi connectivity index (χ1v) is 6.81. The summed E-state index contributed by atoms with van der Waals surface area (Å²) < 4.78 is 14.4. The smallest absolute Gasteiger partial charge is 0.266 e. The fourth-order valence-corrected chi connectivity index (χ4v) is 2.67. The van der Waals surface area contributed by atoms with E-state index in [1.165, 1.54) is 18.2 Å². The van der Waals surface area contributed by atoms with Gasteiger partial charge in [0, 0.05) is 4.47 Å². The Kier molecular flexibility index (Phi) is 3.11. The zero-order valence-corrected chi connectivity index (χ0v) is 12.2. The number of carbonyl (C=O) groups is 2. The number of hydrogen-bond acceptors (Lipinski definition) is 2. The van der Waals surface area contributed by atoms with Crippen LogP contribution < -0.4 is 4.90 Å². The quantitative estimate of drug-likeness (QED) is 0.572. The third-order valence-corrected chi connectivity index (χ3v) is 4.31. The van der Waals surface area contributed by atoms with E-state index >= 15 is 0 Å². The van der Waals surface area contributed by atoms with Gasteiger partial charge >= 0.3 is 0 Å². The molecule has 0 spiro atoms. The van der Waals surface area contributed by atoms with Gasteiger partial charge in [-0.15, -0.1) is 0 Å². The van der Waals surface area contributed by atoms with Crippen LogP contribution in [0, 0.1) is 5.82 Å². The van der Waals surface area contributed by atoms with Gasteiger partial charge in [0.15, 0.2) is 0 Å². The van der Waals surface area contributed by atoms with E-state index in [0.717, 1.165) is 11.0 Å². The summed E-state index contributed by atoms with van der Waals surface area (Å²) in [5.74, 6) is -1.89. The van der Waals surface area contributed by atoms with E-state index in [0.29, 0.717) is 4.47 Å². The molecule has 0 saturated heterocycles. The molecule has 3 nitrogen and oxygen atoms in total. The molecule has 2 aromatic rings. The van der Waals surface area contributed by atoms with E-state index in [1.807, 2.05) is 0 Å². The second-order valence-electron chi connectivity index (χ2n) is 4.18. The van der Waals surface area contributed by atoms with Crippen molar-refractivity contribution in [1.29, 1.82) is 0 Å². The van der Waals surface area contributed by atoms with Crippen LogP contribution in [-0.2, 0) is 0 Å². The van der Waals surface area contributed by atoms with Crippen molar-refractivity contribution >= 4 is 45.0 Å². The Morgan fingerprint density at radius 1 is 1.00 bits per heavy atom. The van der Waals surface area contributed by atoms with E-state index in [1.54, 1.807) is 12.1 Å². The van der Waals surface area contributed by atoms with Crippen LogP contribution in [0.4, 0.5) is 10.1 Å². The number of imide groups is 1. The fraction of sp³-hybridized carbons (Fsp3) is 0. The highest BCUT2D eigenvalue weighted by molar-refractivity contribution is 9.10. The van der Waals surface area contributed by atoms with E-state index in [9.17, 15) is 14.0 Å². The summed E-state index contributed by atoms with van der Waals surface area (Å²) in [5.41, 5.74) is 0.258. The number of rotatable bonds is 1. The molecule has 0 aromatic heterocycles. The SMILES string of the molecule is O=C1c2ccccc2C(=O)N1c1c(F)ccc(Br)c1Cl. The number of fused-ring (bicyclic) bond motifs is 1. The molecule has 6 heteroatoms. The van der Waals surface area contributed by atoms with Gasteiger partial charge in [0.05, 0.1) is 16.1 Å². The van der Waals surface area contributed by atoms with Crippen LogP contribution in [0.25, 0.3) is 0 Å². The molecule has 0 aliphatic carbocycles. The standard InChI is InChI=1S/C14H6BrClFNO2/c15-9-5-6-10(17)12(11(9)16)18-13(19)7-3-1-2-4-8(7)14(18)20/h1-6H. The number of amides is 2. The Labute approximate surface area is 127 Å². The summed E-state index contributed by atoms with van der Waals surface area (Å²) in [4.78, 5) is 25.3. The monoisotopic (exact) mass is 353 g/mol. The molecular formula is C14H6BrClFNO2. The highest BCUT2D eigenvalue weighted by Gasteiger charge is 2.39. The molecule has 0 unspecified atom stereocenters. The van der Waals surface area contributed by atoms with Crippen molar-refractivity contribution in [2.45, 2.75) is 0 Å². The lowest BCUT2D eigenvalue weighted by Gasteiger charge is -2.17. The topological polar surface area (TPSA) is 37.4 Å². The van der Waals surface area contributed by atoms with Gasteiger partial charge in [-0.25, -0.2) is 9.29 Å². The minimum Gasteiger partial charge on any atom is -0.268 e. The second-order valence-corrected chi connectivity index (χ2v) is 5.42. The third-order valence-electron chi connectivity index (χ3n) is 3.04. The maximum absolute atomic E-state index is 14.0. The van der Waals surface area contributed by atoms with Crippen LogP contribution in [0.15, 0.2) is 40.9 Å². The highest BCUT2D eigenvalue weighted by atomic mass is 79.9. The largest absolute Gasteiger partial charge is 0.268 e. The third kappa shape index (κ3) is 1.77. The van der Waals surface area contributed by atoms with Gasteiger partial charge in [0.1, 0.15) is 11.5 Å². The predicted molar refractivity (Wildman–Crippen MR) is 76.7 cm³/mol. The van der Waals surface area contributed by atoms with Crippen LogP contribution >= 0.6 is 27.5 Å². The number of halogens is 3. The maximum atomic E-state index is 14.0. The minimum absolute atomic E-state index is 0.0143. The zero-order chi connectivity index (χ0) is 14.4. The molecule has 20 heavy (non-hydrogen) atoms. The van der Waals surface area contributed by atoms with E-state index in [-0.39, 0.29) is 21.8 Å². The average Bonchev–Trinajstić information content (AvgIpc) is 2.69. The van der Waals surface area contributed by atoms with Crippen molar-refractivity contribution in [2.75, 3.05) is 4.90 Å².